The van der Waals surface area contributed by atoms with Gasteiger partial charge in [0.1, 0.15) is 5.75 Å². The number of anilines is 1. The fourth-order valence-electron chi connectivity index (χ4n) is 6.28. The van der Waals surface area contributed by atoms with Gasteiger partial charge in [-0.2, -0.15) is 0 Å². The van der Waals surface area contributed by atoms with Crippen molar-refractivity contribution >= 4 is 23.4 Å². The summed E-state index contributed by atoms with van der Waals surface area (Å²) in [7, 11) is 1.86. The van der Waals surface area contributed by atoms with Crippen molar-refractivity contribution in [2.24, 2.45) is 11.8 Å². The third-order valence-electron chi connectivity index (χ3n) is 9.13. The molecule has 0 spiro atoms. The van der Waals surface area contributed by atoms with Gasteiger partial charge in [-0.1, -0.05) is 44.4 Å². The normalized spacial score (nSPS) is 22.8. The molecule has 2 N–H and O–H groups in total. The largest absolute Gasteiger partial charge is 0.490 e. The maximum Gasteiger partial charge on any atom is 0.258 e. The van der Waals surface area contributed by atoms with E-state index in [4.69, 9.17) is 9.47 Å². The predicted molar refractivity (Wildman–Crippen MR) is 175 cm³/mol. The molecule has 0 bridgehead atoms. The quantitative estimate of drug-likeness (QED) is 0.406. The lowest BCUT2D eigenvalue weighted by Crippen LogP contribution is -2.48. The number of carbonyl (C=O) groups excluding carboxylic acids is 3. The number of nitrogens with one attached hydrogen (secondary N) is 1. The van der Waals surface area contributed by atoms with Crippen molar-refractivity contribution in [3.05, 3.63) is 59.7 Å². The van der Waals surface area contributed by atoms with Gasteiger partial charge in [0.2, 0.25) is 5.91 Å². The first-order valence-corrected chi connectivity index (χ1v) is 16.6. The Morgan fingerprint density at radius 1 is 1.02 bits per heavy atom. The molecule has 1 aliphatic carbocycles. The zero-order chi connectivity index (χ0) is 32.3. The molecule has 0 saturated heterocycles. The van der Waals surface area contributed by atoms with Gasteiger partial charge < -0.3 is 29.7 Å². The number of ether oxygens (including phenoxy) is 2. The van der Waals surface area contributed by atoms with Crippen LogP contribution in [0.5, 0.6) is 5.75 Å². The van der Waals surface area contributed by atoms with Crippen LogP contribution in [0.15, 0.2) is 48.5 Å². The van der Waals surface area contributed by atoms with Gasteiger partial charge in [-0.25, -0.2) is 0 Å². The van der Waals surface area contributed by atoms with Crippen molar-refractivity contribution in [1.82, 2.24) is 9.80 Å². The topological polar surface area (TPSA) is 108 Å². The highest BCUT2D eigenvalue weighted by molar-refractivity contribution is 6.05. The second-order valence-electron chi connectivity index (χ2n) is 12.9. The van der Waals surface area contributed by atoms with Crippen LogP contribution in [0, 0.1) is 11.8 Å². The van der Waals surface area contributed by atoms with Crippen molar-refractivity contribution in [1.29, 1.82) is 0 Å². The zero-order valence-corrected chi connectivity index (χ0v) is 27.4. The Kier molecular flexibility index (Phi) is 12.8. The average molecular weight is 622 g/mol. The van der Waals surface area contributed by atoms with E-state index in [0.29, 0.717) is 42.3 Å². The zero-order valence-electron chi connectivity index (χ0n) is 27.4. The number of hydrogen-bond donors (Lipinski definition) is 2. The molecule has 246 valence electrons. The van der Waals surface area contributed by atoms with Gasteiger partial charge in [-0.15, -0.1) is 0 Å². The van der Waals surface area contributed by atoms with Gasteiger partial charge >= 0.3 is 0 Å². The lowest BCUT2D eigenvalue weighted by atomic mass is 9.88. The molecule has 4 rings (SSSR count). The molecule has 1 fully saturated rings. The van der Waals surface area contributed by atoms with Crippen LogP contribution in [0.3, 0.4) is 0 Å². The van der Waals surface area contributed by atoms with E-state index in [0.717, 1.165) is 44.9 Å². The summed E-state index contributed by atoms with van der Waals surface area (Å²) >= 11 is 0. The first-order valence-electron chi connectivity index (χ1n) is 16.6. The SMILES string of the molecule is C[C@@H]1CCCCO[C@@H](CN(C)C(=O)C2CCCCC2)[C@@H](C)CN([C@H](C)CO)C(=O)c2cc(NC(=O)c3ccccc3)ccc2O1. The van der Waals surface area contributed by atoms with Crippen molar-refractivity contribution in [2.45, 2.75) is 90.4 Å². The van der Waals surface area contributed by atoms with Crippen LogP contribution in [0.25, 0.3) is 0 Å². The first kappa shape index (κ1) is 34.4. The summed E-state index contributed by atoms with van der Waals surface area (Å²) in [6.45, 7) is 6.92. The standard InChI is InChI=1S/C36H51N3O6/c1-25-22-39(26(2)24-40)36(43)31-21-30(37-34(41)28-14-7-5-8-15-28)18-19-32(31)45-27(3)13-11-12-20-44-33(25)23-38(4)35(42)29-16-9-6-10-17-29/h5,7-8,14-15,18-19,21,25-27,29,33,40H,6,9-13,16-17,20,22-24H2,1-4H3,(H,37,41)/t25-,26+,27+,33-/m0/s1. The summed E-state index contributed by atoms with van der Waals surface area (Å²) in [6.07, 6.45) is 7.35. The molecule has 3 amide bonds. The van der Waals surface area contributed by atoms with Crippen molar-refractivity contribution in [2.75, 3.05) is 38.7 Å². The molecule has 45 heavy (non-hydrogen) atoms. The monoisotopic (exact) mass is 621 g/mol. The van der Waals surface area contributed by atoms with Gasteiger partial charge in [0, 0.05) is 49.8 Å². The van der Waals surface area contributed by atoms with Crippen LogP contribution in [0.1, 0.15) is 92.9 Å². The smallest absolute Gasteiger partial charge is 0.258 e. The van der Waals surface area contributed by atoms with Gasteiger partial charge in [0.05, 0.1) is 30.4 Å². The van der Waals surface area contributed by atoms with Crippen LogP contribution < -0.4 is 10.1 Å². The van der Waals surface area contributed by atoms with Gasteiger partial charge in [0.25, 0.3) is 11.8 Å². The summed E-state index contributed by atoms with van der Waals surface area (Å²) in [6, 6.07) is 13.6. The molecule has 0 aromatic heterocycles. The molecule has 2 aromatic rings. The highest BCUT2D eigenvalue weighted by atomic mass is 16.5. The molecule has 1 heterocycles. The summed E-state index contributed by atoms with van der Waals surface area (Å²) in [5.74, 6) is -0.0262. The Bertz CT molecular complexity index is 1260. The minimum Gasteiger partial charge on any atom is -0.490 e. The van der Waals surface area contributed by atoms with Crippen LogP contribution in [-0.4, -0.2) is 84.2 Å². The van der Waals surface area contributed by atoms with E-state index >= 15 is 0 Å². The Morgan fingerprint density at radius 3 is 2.44 bits per heavy atom. The van der Waals surface area contributed by atoms with Crippen LogP contribution >= 0.6 is 0 Å². The van der Waals surface area contributed by atoms with E-state index < -0.39 is 6.04 Å². The summed E-state index contributed by atoms with van der Waals surface area (Å²) in [5, 5.41) is 13.1. The van der Waals surface area contributed by atoms with Crippen molar-refractivity contribution < 1.29 is 29.0 Å². The summed E-state index contributed by atoms with van der Waals surface area (Å²) in [4.78, 5) is 44.0. The molecule has 0 unspecified atom stereocenters. The number of rotatable bonds is 7. The number of aliphatic hydroxyl groups excluding tert-OH is 1. The van der Waals surface area contributed by atoms with E-state index in [-0.39, 0.29) is 48.4 Å². The average Bonchev–Trinajstić information content (AvgIpc) is 3.06. The second-order valence-corrected chi connectivity index (χ2v) is 12.9. The fraction of sp³-hybridized carbons (Fsp3) is 0.583. The summed E-state index contributed by atoms with van der Waals surface area (Å²) < 4.78 is 12.7. The molecule has 0 radical (unpaired) electrons. The van der Waals surface area contributed by atoms with Crippen molar-refractivity contribution in [3.8, 4) is 5.75 Å². The molecular weight excluding hydrogens is 570 g/mol. The second kappa shape index (κ2) is 16.8. The third-order valence-corrected chi connectivity index (χ3v) is 9.13. The van der Waals surface area contributed by atoms with E-state index in [1.165, 1.54) is 6.42 Å². The predicted octanol–water partition coefficient (Wildman–Crippen LogP) is 5.77. The first-order chi connectivity index (χ1) is 21.7. The molecule has 4 atom stereocenters. The summed E-state index contributed by atoms with van der Waals surface area (Å²) in [5.41, 5.74) is 1.30. The Balaban J connectivity index is 1.61. The number of aliphatic hydroxyl groups is 1. The number of benzene rings is 2. The molecule has 1 aliphatic heterocycles. The van der Waals surface area contributed by atoms with Gasteiger partial charge in [-0.3, -0.25) is 14.4 Å². The maximum atomic E-state index is 14.3. The lowest BCUT2D eigenvalue weighted by molar-refractivity contribution is -0.137. The van der Waals surface area contributed by atoms with Crippen LogP contribution in [0.4, 0.5) is 5.69 Å². The molecule has 1 saturated carbocycles. The number of likely N-dealkylation sites (N-methyl/N-ethyl adjacent to an activating group) is 1. The Hall–Kier alpha value is -3.43. The minimum atomic E-state index is -0.483. The van der Waals surface area contributed by atoms with E-state index in [1.54, 1.807) is 47.4 Å². The highest BCUT2D eigenvalue weighted by Gasteiger charge is 2.32. The molecule has 2 aliphatic rings. The number of amides is 3. The number of hydrogen-bond acceptors (Lipinski definition) is 6. The Morgan fingerprint density at radius 2 is 1.73 bits per heavy atom. The van der Waals surface area contributed by atoms with E-state index in [2.05, 4.69) is 5.32 Å². The fourth-order valence-corrected chi connectivity index (χ4v) is 6.28. The molecule has 9 nitrogen and oxygen atoms in total. The van der Waals surface area contributed by atoms with E-state index in [1.807, 2.05) is 38.8 Å². The molecular formula is C36H51N3O6. The minimum absolute atomic E-state index is 0.0691. The highest BCUT2D eigenvalue weighted by Crippen LogP contribution is 2.29. The van der Waals surface area contributed by atoms with Crippen molar-refractivity contribution in [3.63, 3.8) is 0 Å². The lowest BCUT2D eigenvalue weighted by Gasteiger charge is -2.36. The van der Waals surface area contributed by atoms with E-state index in [9.17, 15) is 19.5 Å². The number of nitrogens with zero attached hydrogens (tertiary/aromatic N) is 2. The maximum absolute atomic E-state index is 14.3. The van der Waals surface area contributed by atoms with Gasteiger partial charge in [0.15, 0.2) is 0 Å². The Labute approximate surface area is 268 Å². The number of carbonyl (C=O) groups is 3. The van der Waals surface area contributed by atoms with Crippen LogP contribution in [0.2, 0.25) is 0 Å². The molecule has 2 aromatic carbocycles. The number of fused-ring (bicyclic) bond motifs is 1. The van der Waals surface area contributed by atoms with Gasteiger partial charge in [-0.05, 0) is 76.3 Å². The van der Waals surface area contributed by atoms with Crippen LogP contribution in [-0.2, 0) is 9.53 Å². The molecule has 9 heteroatoms. The third kappa shape index (κ3) is 9.53.